The fourth-order valence-electron chi connectivity index (χ4n) is 3.00. The smallest absolute Gasteiger partial charge is 0.0733 e. The highest BCUT2D eigenvalue weighted by molar-refractivity contribution is 4.97. The summed E-state index contributed by atoms with van der Waals surface area (Å²) in [6.07, 6.45) is 7.82. The molecule has 74 valence electrons. The van der Waals surface area contributed by atoms with Crippen LogP contribution in [-0.2, 0) is 4.74 Å². The van der Waals surface area contributed by atoms with Crippen molar-refractivity contribution in [2.75, 3.05) is 0 Å². The van der Waals surface area contributed by atoms with E-state index in [1.54, 1.807) is 0 Å². The third-order valence-electron chi connectivity index (χ3n) is 4.15. The van der Waals surface area contributed by atoms with Crippen LogP contribution in [0.4, 0.5) is 0 Å². The van der Waals surface area contributed by atoms with Gasteiger partial charge in [0.1, 0.15) is 0 Å². The lowest BCUT2D eigenvalue weighted by atomic mass is 9.80. The van der Waals surface area contributed by atoms with Gasteiger partial charge in [-0.05, 0) is 38.0 Å². The summed E-state index contributed by atoms with van der Waals surface area (Å²) in [5.41, 5.74) is 0. The lowest BCUT2D eigenvalue weighted by molar-refractivity contribution is 0.0905. The SMILES string of the molecule is CC1CCC1NC1CC2CCC1O2. The molecule has 2 aliphatic heterocycles. The Morgan fingerprint density at radius 2 is 2.00 bits per heavy atom. The second kappa shape index (κ2) is 2.96. The highest BCUT2D eigenvalue weighted by Crippen LogP contribution is 2.36. The molecule has 5 atom stereocenters. The molecular weight excluding hydrogens is 162 g/mol. The molecule has 3 rings (SSSR count). The van der Waals surface area contributed by atoms with E-state index in [4.69, 9.17) is 4.74 Å². The molecule has 0 aromatic heterocycles. The molecule has 0 aromatic carbocycles. The van der Waals surface area contributed by atoms with Crippen LogP contribution >= 0.6 is 0 Å². The molecule has 2 nitrogen and oxygen atoms in total. The number of fused-ring (bicyclic) bond motifs is 2. The fraction of sp³-hybridized carbons (Fsp3) is 1.00. The Hall–Kier alpha value is -0.0800. The fourth-order valence-corrected chi connectivity index (χ4v) is 3.00. The molecule has 2 bridgehead atoms. The first kappa shape index (κ1) is 8.25. The van der Waals surface area contributed by atoms with Gasteiger partial charge in [0.25, 0.3) is 0 Å². The molecule has 2 heterocycles. The Morgan fingerprint density at radius 3 is 2.46 bits per heavy atom. The van der Waals surface area contributed by atoms with Crippen LogP contribution in [0, 0.1) is 5.92 Å². The molecule has 0 radical (unpaired) electrons. The minimum absolute atomic E-state index is 0.554. The van der Waals surface area contributed by atoms with Gasteiger partial charge < -0.3 is 10.1 Å². The van der Waals surface area contributed by atoms with Gasteiger partial charge in [-0.15, -0.1) is 0 Å². The van der Waals surface area contributed by atoms with Crippen LogP contribution in [0.2, 0.25) is 0 Å². The summed E-state index contributed by atoms with van der Waals surface area (Å²) in [5, 5.41) is 3.77. The Morgan fingerprint density at radius 1 is 1.08 bits per heavy atom. The van der Waals surface area contributed by atoms with Crippen LogP contribution in [0.3, 0.4) is 0 Å². The molecule has 0 spiro atoms. The Kier molecular flexibility index (Phi) is 1.88. The first-order chi connectivity index (χ1) is 6.33. The van der Waals surface area contributed by atoms with E-state index in [0.29, 0.717) is 18.2 Å². The highest BCUT2D eigenvalue weighted by Gasteiger charge is 2.42. The van der Waals surface area contributed by atoms with Crippen molar-refractivity contribution in [2.24, 2.45) is 5.92 Å². The van der Waals surface area contributed by atoms with E-state index in [1.165, 1.54) is 32.1 Å². The third-order valence-corrected chi connectivity index (χ3v) is 4.15. The largest absolute Gasteiger partial charge is 0.373 e. The standard InChI is InChI=1S/C11H19NO/c1-7-2-4-9(7)12-10-6-8-3-5-11(10)13-8/h7-12H,2-6H2,1H3. The van der Waals surface area contributed by atoms with Gasteiger partial charge in [-0.1, -0.05) is 6.92 Å². The molecule has 0 amide bonds. The molecule has 2 heteroatoms. The Balaban J connectivity index is 1.56. The average molecular weight is 181 g/mol. The van der Waals surface area contributed by atoms with Crippen LogP contribution < -0.4 is 5.32 Å². The van der Waals surface area contributed by atoms with E-state index >= 15 is 0 Å². The Bertz CT molecular complexity index is 206. The van der Waals surface area contributed by atoms with Crippen molar-refractivity contribution in [1.29, 1.82) is 0 Å². The molecule has 0 aromatic rings. The van der Waals surface area contributed by atoms with E-state index in [-0.39, 0.29) is 0 Å². The van der Waals surface area contributed by atoms with Crippen molar-refractivity contribution in [3.05, 3.63) is 0 Å². The van der Waals surface area contributed by atoms with E-state index in [2.05, 4.69) is 12.2 Å². The quantitative estimate of drug-likeness (QED) is 0.700. The Labute approximate surface area is 80.0 Å². The van der Waals surface area contributed by atoms with Gasteiger partial charge in [0.15, 0.2) is 0 Å². The summed E-state index contributed by atoms with van der Waals surface area (Å²) in [5.74, 6) is 0.902. The first-order valence-electron chi connectivity index (χ1n) is 5.74. The minimum atomic E-state index is 0.554. The molecule has 1 aliphatic carbocycles. The van der Waals surface area contributed by atoms with Gasteiger partial charge in [-0.2, -0.15) is 0 Å². The monoisotopic (exact) mass is 181 g/mol. The van der Waals surface area contributed by atoms with E-state index in [1.807, 2.05) is 0 Å². The number of rotatable bonds is 2. The van der Waals surface area contributed by atoms with Gasteiger partial charge in [-0.25, -0.2) is 0 Å². The van der Waals surface area contributed by atoms with Crippen molar-refractivity contribution >= 4 is 0 Å². The van der Waals surface area contributed by atoms with Crippen molar-refractivity contribution in [1.82, 2.24) is 5.32 Å². The lowest BCUT2D eigenvalue weighted by Gasteiger charge is -2.38. The van der Waals surface area contributed by atoms with Crippen LogP contribution in [0.5, 0.6) is 0 Å². The predicted molar refractivity (Wildman–Crippen MR) is 51.6 cm³/mol. The normalized spacial score (nSPS) is 53.8. The topological polar surface area (TPSA) is 21.3 Å². The number of hydrogen-bond acceptors (Lipinski definition) is 2. The number of nitrogens with one attached hydrogen (secondary N) is 1. The van der Waals surface area contributed by atoms with Gasteiger partial charge in [0.05, 0.1) is 12.2 Å². The van der Waals surface area contributed by atoms with Crippen LogP contribution in [0.15, 0.2) is 0 Å². The van der Waals surface area contributed by atoms with Crippen LogP contribution in [0.25, 0.3) is 0 Å². The summed E-state index contributed by atoms with van der Waals surface area (Å²) >= 11 is 0. The maximum absolute atomic E-state index is 5.83. The zero-order valence-electron chi connectivity index (χ0n) is 8.33. The van der Waals surface area contributed by atoms with Gasteiger partial charge in [0, 0.05) is 12.1 Å². The van der Waals surface area contributed by atoms with E-state index < -0.39 is 0 Å². The molecule has 5 unspecified atom stereocenters. The molecule has 13 heavy (non-hydrogen) atoms. The second-order valence-corrected chi connectivity index (χ2v) is 5.04. The zero-order valence-corrected chi connectivity index (χ0v) is 8.33. The summed E-state index contributed by atoms with van der Waals surface area (Å²) in [7, 11) is 0. The first-order valence-corrected chi connectivity index (χ1v) is 5.74. The van der Waals surface area contributed by atoms with E-state index in [9.17, 15) is 0 Å². The molecule has 2 saturated heterocycles. The second-order valence-electron chi connectivity index (χ2n) is 5.04. The maximum atomic E-state index is 5.83. The average Bonchev–Trinajstić information content (AvgIpc) is 2.72. The maximum Gasteiger partial charge on any atom is 0.0733 e. The summed E-state index contributed by atoms with van der Waals surface area (Å²) in [6.45, 7) is 2.36. The van der Waals surface area contributed by atoms with Crippen LogP contribution in [0.1, 0.15) is 39.0 Å². The predicted octanol–water partition coefficient (Wildman–Crippen LogP) is 1.69. The molecular formula is C11H19NO. The molecule has 3 fully saturated rings. The van der Waals surface area contributed by atoms with Crippen molar-refractivity contribution in [3.63, 3.8) is 0 Å². The zero-order chi connectivity index (χ0) is 8.84. The van der Waals surface area contributed by atoms with Crippen molar-refractivity contribution < 1.29 is 4.74 Å². The van der Waals surface area contributed by atoms with Crippen LogP contribution in [-0.4, -0.2) is 24.3 Å². The summed E-state index contributed by atoms with van der Waals surface area (Å²) in [4.78, 5) is 0. The molecule has 1 N–H and O–H groups in total. The van der Waals surface area contributed by atoms with E-state index in [0.717, 1.165) is 12.0 Å². The third kappa shape index (κ3) is 1.31. The number of hydrogen-bond donors (Lipinski definition) is 1. The molecule has 1 saturated carbocycles. The van der Waals surface area contributed by atoms with Gasteiger partial charge in [-0.3, -0.25) is 0 Å². The molecule has 3 aliphatic rings. The number of ether oxygens (including phenoxy) is 1. The summed E-state index contributed by atoms with van der Waals surface area (Å²) < 4.78 is 5.83. The van der Waals surface area contributed by atoms with Crippen molar-refractivity contribution in [3.8, 4) is 0 Å². The highest BCUT2D eigenvalue weighted by atomic mass is 16.5. The minimum Gasteiger partial charge on any atom is -0.373 e. The van der Waals surface area contributed by atoms with Crippen molar-refractivity contribution in [2.45, 2.75) is 63.3 Å². The van der Waals surface area contributed by atoms with Gasteiger partial charge >= 0.3 is 0 Å². The lowest BCUT2D eigenvalue weighted by Crippen LogP contribution is -2.50. The van der Waals surface area contributed by atoms with Gasteiger partial charge in [0.2, 0.25) is 0 Å². The summed E-state index contributed by atoms with van der Waals surface area (Å²) in [6, 6.07) is 1.49.